The third-order valence-corrected chi connectivity index (χ3v) is 5.20. The number of rotatable bonds is 8. The standard InChI is InChI=1S/C20H32N4O/c1-4-12-22-18(25)17-9-6-8-16(13-17)14-23-19(21-3)24-15-20(5-2)10-7-11-20/h6,8-9,13H,4-5,7,10-12,14-15H2,1-3H3,(H,22,25)(H2,21,23,24). The van der Waals surface area contributed by atoms with Crippen LogP contribution in [0.2, 0.25) is 0 Å². The molecule has 1 amide bonds. The zero-order valence-corrected chi connectivity index (χ0v) is 15.8. The number of amides is 1. The van der Waals surface area contributed by atoms with Gasteiger partial charge in [0.05, 0.1) is 0 Å². The Morgan fingerprint density at radius 1 is 1.20 bits per heavy atom. The molecule has 0 radical (unpaired) electrons. The van der Waals surface area contributed by atoms with Gasteiger partial charge in [-0.25, -0.2) is 0 Å². The Hall–Kier alpha value is -2.04. The second kappa shape index (κ2) is 9.44. The minimum absolute atomic E-state index is 0.0129. The molecule has 1 aromatic carbocycles. The van der Waals surface area contributed by atoms with Gasteiger partial charge in [-0.3, -0.25) is 9.79 Å². The van der Waals surface area contributed by atoms with Crippen molar-refractivity contribution < 1.29 is 4.79 Å². The molecule has 0 heterocycles. The number of hydrogen-bond donors (Lipinski definition) is 3. The third-order valence-electron chi connectivity index (χ3n) is 5.20. The predicted octanol–water partition coefficient (Wildman–Crippen LogP) is 3.07. The summed E-state index contributed by atoms with van der Waals surface area (Å²) in [5.74, 6) is 0.807. The summed E-state index contributed by atoms with van der Waals surface area (Å²) in [5, 5.41) is 9.72. The van der Waals surface area contributed by atoms with E-state index in [4.69, 9.17) is 0 Å². The molecule has 3 N–H and O–H groups in total. The number of hydrogen-bond acceptors (Lipinski definition) is 2. The van der Waals surface area contributed by atoms with Gasteiger partial charge in [-0.1, -0.05) is 32.4 Å². The van der Waals surface area contributed by atoms with Crippen LogP contribution in [-0.4, -0.2) is 32.0 Å². The summed E-state index contributed by atoms with van der Waals surface area (Å²) in [4.78, 5) is 16.4. The second-order valence-electron chi connectivity index (χ2n) is 6.94. The van der Waals surface area contributed by atoms with Crippen molar-refractivity contribution >= 4 is 11.9 Å². The lowest BCUT2D eigenvalue weighted by Gasteiger charge is -2.41. The number of benzene rings is 1. The van der Waals surface area contributed by atoms with Crippen molar-refractivity contribution in [1.82, 2.24) is 16.0 Å². The van der Waals surface area contributed by atoms with Crippen molar-refractivity contribution in [2.24, 2.45) is 10.4 Å². The molecule has 1 fully saturated rings. The Balaban J connectivity index is 1.85. The summed E-state index contributed by atoms with van der Waals surface area (Å²) in [7, 11) is 1.79. The molecule has 1 aliphatic rings. The average Bonchev–Trinajstić information content (AvgIpc) is 2.61. The van der Waals surface area contributed by atoms with Gasteiger partial charge in [0.1, 0.15) is 0 Å². The Morgan fingerprint density at radius 3 is 2.60 bits per heavy atom. The number of nitrogens with one attached hydrogen (secondary N) is 3. The van der Waals surface area contributed by atoms with Gasteiger partial charge in [-0.15, -0.1) is 0 Å². The monoisotopic (exact) mass is 344 g/mol. The molecule has 0 bridgehead atoms. The fourth-order valence-corrected chi connectivity index (χ4v) is 3.17. The maximum atomic E-state index is 12.1. The van der Waals surface area contributed by atoms with Crippen molar-refractivity contribution in [2.75, 3.05) is 20.1 Å². The van der Waals surface area contributed by atoms with Gasteiger partial charge in [-0.05, 0) is 48.8 Å². The van der Waals surface area contributed by atoms with E-state index < -0.39 is 0 Å². The van der Waals surface area contributed by atoms with Crippen molar-refractivity contribution in [2.45, 2.75) is 52.5 Å². The molecule has 1 aromatic rings. The van der Waals surface area contributed by atoms with Crippen LogP contribution in [0.3, 0.4) is 0 Å². The zero-order valence-electron chi connectivity index (χ0n) is 15.8. The first kappa shape index (κ1) is 19.3. The van der Waals surface area contributed by atoms with E-state index in [9.17, 15) is 4.79 Å². The lowest BCUT2D eigenvalue weighted by atomic mass is 9.67. The normalized spacial score (nSPS) is 16.0. The van der Waals surface area contributed by atoms with E-state index in [-0.39, 0.29) is 5.91 Å². The molecular formula is C20H32N4O. The van der Waals surface area contributed by atoms with Gasteiger partial charge >= 0.3 is 0 Å². The maximum absolute atomic E-state index is 12.1. The molecule has 0 aromatic heterocycles. The Labute approximate surface area is 151 Å². The maximum Gasteiger partial charge on any atom is 0.251 e. The van der Waals surface area contributed by atoms with Gasteiger partial charge in [-0.2, -0.15) is 0 Å². The molecule has 2 rings (SSSR count). The van der Waals surface area contributed by atoms with E-state index in [0.717, 1.165) is 24.5 Å². The molecule has 5 heteroatoms. The molecule has 0 spiro atoms. The number of carbonyl (C=O) groups is 1. The minimum atomic E-state index is -0.0129. The molecule has 138 valence electrons. The van der Waals surface area contributed by atoms with E-state index in [1.54, 1.807) is 7.05 Å². The van der Waals surface area contributed by atoms with Crippen LogP contribution in [0.15, 0.2) is 29.3 Å². The van der Waals surface area contributed by atoms with E-state index in [1.807, 2.05) is 31.2 Å². The van der Waals surface area contributed by atoms with Gasteiger partial charge in [0.15, 0.2) is 5.96 Å². The quantitative estimate of drug-likeness (QED) is 0.501. The summed E-state index contributed by atoms with van der Waals surface area (Å²) in [6.45, 7) is 6.64. The van der Waals surface area contributed by atoms with E-state index >= 15 is 0 Å². The molecular weight excluding hydrogens is 312 g/mol. The highest BCUT2D eigenvalue weighted by atomic mass is 16.1. The lowest BCUT2D eigenvalue weighted by Crippen LogP contribution is -2.46. The highest BCUT2D eigenvalue weighted by molar-refractivity contribution is 5.94. The van der Waals surface area contributed by atoms with Gasteiger partial charge in [0.2, 0.25) is 0 Å². The van der Waals surface area contributed by atoms with E-state index in [0.29, 0.717) is 24.1 Å². The van der Waals surface area contributed by atoms with Crippen LogP contribution >= 0.6 is 0 Å². The van der Waals surface area contributed by atoms with Crippen LogP contribution in [0.4, 0.5) is 0 Å². The summed E-state index contributed by atoms with van der Waals surface area (Å²) in [5.41, 5.74) is 2.23. The second-order valence-corrected chi connectivity index (χ2v) is 6.94. The molecule has 1 saturated carbocycles. The summed E-state index contributed by atoms with van der Waals surface area (Å²) >= 11 is 0. The Bertz CT molecular complexity index is 588. The predicted molar refractivity (Wildman–Crippen MR) is 104 cm³/mol. The van der Waals surface area contributed by atoms with Crippen LogP contribution < -0.4 is 16.0 Å². The first-order valence-electron chi connectivity index (χ1n) is 9.44. The van der Waals surface area contributed by atoms with Gasteiger partial charge < -0.3 is 16.0 Å². The topological polar surface area (TPSA) is 65.5 Å². The summed E-state index contributed by atoms with van der Waals surface area (Å²) in [6, 6.07) is 7.73. The molecule has 0 unspecified atom stereocenters. The molecule has 0 aliphatic heterocycles. The van der Waals surface area contributed by atoms with E-state index in [1.165, 1.54) is 25.7 Å². The Morgan fingerprint density at radius 2 is 2.00 bits per heavy atom. The number of aliphatic imine (C=N–C) groups is 1. The molecule has 5 nitrogen and oxygen atoms in total. The highest BCUT2D eigenvalue weighted by Gasteiger charge is 2.34. The molecule has 0 atom stereocenters. The zero-order chi connectivity index (χ0) is 18.1. The SMILES string of the molecule is CCCNC(=O)c1cccc(CNC(=NC)NCC2(CC)CCC2)c1. The largest absolute Gasteiger partial charge is 0.356 e. The van der Waals surface area contributed by atoms with Crippen molar-refractivity contribution in [3.05, 3.63) is 35.4 Å². The van der Waals surface area contributed by atoms with E-state index in [2.05, 4.69) is 27.9 Å². The fraction of sp³-hybridized carbons (Fsp3) is 0.600. The van der Waals surface area contributed by atoms with Crippen LogP contribution in [0.25, 0.3) is 0 Å². The van der Waals surface area contributed by atoms with Crippen molar-refractivity contribution in [1.29, 1.82) is 0 Å². The minimum Gasteiger partial charge on any atom is -0.356 e. The number of carbonyl (C=O) groups excluding carboxylic acids is 1. The van der Waals surface area contributed by atoms with Crippen LogP contribution in [0, 0.1) is 5.41 Å². The van der Waals surface area contributed by atoms with Crippen LogP contribution in [0.1, 0.15) is 61.9 Å². The fourth-order valence-electron chi connectivity index (χ4n) is 3.17. The smallest absolute Gasteiger partial charge is 0.251 e. The van der Waals surface area contributed by atoms with Crippen LogP contribution in [-0.2, 0) is 6.54 Å². The van der Waals surface area contributed by atoms with Crippen molar-refractivity contribution in [3.63, 3.8) is 0 Å². The summed E-state index contributed by atoms with van der Waals surface area (Å²) in [6.07, 6.45) is 6.11. The van der Waals surface area contributed by atoms with Gasteiger partial charge in [0.25, 0.3) is 5.91 Å². The summed E-state index contributed by atoms with van der Waals surface area (Å²) < 4.78 is 0. The average molecular weight is 345 g/mol. The lowest BCUT2D eigenvalue weighted by molar-refractivity contribution is 0.0953. The van der Waals surface area contributed by atoms with Crippen molar-refractivity contribution in [3.8, 4) is 0 Å². The molecule has 1 aliphatic carbocycles. The number of nitrogens with zero attached hydrogens (tertiary/aromatic N) is 1. The van der Waals surface area contributed by atoms with Gasteiger partial charge in [0, 0.05) is 32.2 Å². The Kier molecular flexibility index (Phi) is 7.29. The first-order chi connectivity index (χ1) is 12.1. The molecule has 25 heavy (non-hydrogen) atoms. The number of guanidine groups is 1. The third kappa shape index (κ3) is 5.48. The first-order valence-corrected chi connectivity index (χ1v) is 9.44. The molecule has 0 saturated heterocycles. The van der Waals surface area contributed by atoms with Crippen LogP contribution in [0.5, 0.6) is 0 Å². The highest BCUT2D eigenvalue weighted by Crippen LogP contribution is 2.42.